The van der Waals surface area contributed by atoms with E-state index in [-0.39, 0.29) is 11.5 Å². The van der Waals surface area contributed by atoms with Gasteiger partial charge in [0.15, 0.2) is 17.3 Å². The summed E-state index contributed by atoms with van der Waals surface area (Å²) >= 11 is 0. The van der Waals surface area contributed by atoms with Crippen LogP contribution in [0.25, 0.3) is 0 Å². The van der Waals surface area contributed by atoms with E-state index in [1.165, 1.54) is 6.07 Å². The van der Waals surface area contributed by atoms with Crippen LogP contribution in [0.4, 0.5) is 0 Å². The normalized spacial score (nSPS) is 9.86. The van der Waals surface area contributed by atoms with Crippen molar-refractivity contribution < 1.29 is 14.6 Å². The maximum Gasteiger partial charge on any atom is 0.162 e. The van der Waals surface area contributed by atoms with E-state index in [0.29, 0.717) is 24.3 Å². The van der Waals surface area contributed by atoms with Gasteiger partial charge in [-0.3, -0.25) is 4.79 Å². The number of phenolic OH excluding ortho intramolecular Hbond substituents is 1. The first-order chi connectivity index (χ1) is 6.69. The number of Topliss-reactive ketones (excluding diaryl/α,β-unsaturated/α-hetero) is 1. The van der Waals surface area contributed by atoms with E-state index >= 15 is 0 Å². The van der Waals surface area contributed by atoms with Crippen molar-refractivity contribution in [1.82, 2.24) is 0 Å². The van der Waals surface area contributed by atoms with Gasteiger partial charge >= 0.3 is 0 Å². The third kappa shape index (κ3) is 2.25. The predicted molar refractivity (Wildman–Crippen MR) is 53.9 cm³/mol. The van der Waals surface area contributed by atoms with Gasteiger partial charge in [0.05, 0.1) is 6.61 Å². The zero-order valence-corrected chi connectivity index (χ0v) is 8.41. The van der Waals surface area contributed by atoms with Crippen LogP contribution in [0.15, 0.2) is 18.2 Å². The molecule has 0 heterocycles. The summed E-state index contributed by atoms with van der Waals surface area (Å²) in [5, 5.41) is 9.49. The maximum atomic E-state index is 11.3. The fourth-order valence-electron chi connectivity index (χ4n) is 1.17. The van der Waals surface area contributed by atoms with Crippen LogP contribution in [0.3, 0.4) is 0 Å². The Hall–Kier alpha value is -1.51. The number of carbonyl (C=O) groups excluding carboxylic acids is 1. The lowest BCUT2D eigenvalue weighted by Crippen LogP contribution is -1.97. The monoisotopic (exact) mass is 194 g/mol. The molecule has 0 aliphatic carbocycles. The van der Waals surface area contributed by atoms with Gasteiger partial charge in [0.1, 0.15) is 0 Å². The molecule has 1 N–H and O–H groups in total. The Balaban J connectivity index is 2.94. The van der Waals surface area contributed by atoms with Gasteiger partial charge in [0, 0.05) is 12.0 Å². The molecule has 76 valence electrons. The smallest absolute Gasteiger partial charge is 0.162 e. The summed E-state index contributed by atoms with van der Waals surface area (Å²) in [6.45, 7) is 4.12. The lowest BCUT2D eigenvalue weighted by molar-refractivity contribution is 0.0987. The van der Waals surface area contributed by atoms with E-state index < -0.39 is 0 Å². The van der Waals surface area contributed by atoms with Crippen LogP contribution in [0, 0.1) is 0 Å². The average molecular weight is 194 g/mol. The minimum Gasteiger partial charge on any atom is -0.504 e. The molecule has 0 radical (unpaired) electrons. The van der Waals surface area contributed by atoms with Gasteiger partial charge in [0.2, 0.25) is 0 Å². The molecule has 0 aromatic heterocycles. The number of hydrogen-bond acceptors (Lipinski definition) is 3. The van der Waals surface area contributed by atoms with Gasteiger partial charge in [-0.05, 0) is 25.1 Å². The number of benzene rings is 1. The van der Waals surface area contributed by atoms with Crippen molar-refractivity contribution in [1.29, 1.82) is 0 Å². The Bertz CT molecular complexity index is 331. The number of ketones is 1. The van der Waals surface area contributed by atoms with Gasteiger partial charge < -0.3 is 9.84 Å². The first kappa shape index (κ1) is 10.6. The molecule has 0 bridgehead atoms. The molecule has 3 nitrogen and oxygen atoms in total. The fraction of sp³-hybridized carbons (Fsp3) is 0.364. The third-order valence-electron chi connectivity index (χ3n) is 1.90. The van der Waals surface area contributed by atoms with Gasteiger partial charge in [-0.25, -0.2) is 0 Å². The number of rotatable bonds is 4. The second kappa shape index (κ2) is 4.65. The zero-order chi connectivity index (χ0) is 10.6. The van der Waals surface area contributed by atoms with Crippen molar-refractivity contribution in [3.05, 3.63) is 23.8 Å². The van der Waals surface area contributed by atoms with Crippen molar-refractivity contribution >= 4 is 5.78 Å². The van der Waals surface area contributed by atoms with Gasteiger partial charge in [-0.2, -0.15) is 0 Å². The molecule has 0 saturated carbocycles. The molecule has 0 atom stereocenters. The average Bonchev–Trinajstić information content (AvgIpc) is 2.20. The van der Waals surface area contributed by atoms with Crippen molar-refractivity contribution in [2.24, 2.45) is 0 Å². The molecular formula is C11H14O3. The first-order valence-electron chi connectivity index (χ1n) is 4.68. The lowest BCUT2D eigenvalue weighted by atomic mass is 10.1. The molecule has 0 saturated heterocycles. The van der Waals surface area contributed by atoms with Crippen LogP contribution >= 0.6 is 0 Å². The summed E-state index contributed by atoms with van der Waals surface area (Å²) < 4.78 is 5.14. The predicted octanol–water partition coefficient (Wildman–Crippen LogP) is 2.38. The minimum atomic E-state index is 0.0170. The van der Waals surface area contributed by atoms with E-state index in [9.17, 15) is 9.90 Å². The van der Waals surface area contributed by atoms with Crippen LogP contribution in [0.1, 0.15) is 30.6 Å². The number of aromatic hydroxyl groups is 1. The van der Waals surface area contributed by atoms with Crippen LogP contribution in [0.5, 0.6) is 11.5 Å². The van der Waals surface area contributed by atoms with Crippen molar-refractivity contribution in [2.75, 3.05) is 6.61 Å². The van der Waals surface area contributed by atoms with E-state index in [2.05, 4.69) is 0 Å². The second-order valence-corrected chi connectivity index (χ2v) is 2.89. The van der Waals surface area contributed by atoms with E-state index in [4.69, 9.17) is 4.74 Å². The number of ether oxygens (including phenoxy) is 1. The van der Waals surface area contributed by atoms with E-state index in [1.807, 2.05) is 6.92 Å². The molecule has 1 rings (SSSR count). The molecule has 0 spiro atoms. The summed E-state index contributed by atoms with van der Waals surface area (Å²) in [5.74, 6) is 0.453. The molecule has 0 amide bonds. The highest BCUT2D eigenvalue weighted by molar-refractivity contribution is 5.96. The standard InChI is InChI=1S/C11H14O3/c1-3-9(12)8-5-6-11(14-4-2)10(13)7-8/h5-7,13H,3-4H2,1-2H3. The van der Waals surface area contributed by atoms with Crippen molar-refractivity contribution in [3.8, 4) is 11.5 Å². The van der Waals surface area contributed by atoms with Gasteiger partial charge in [0.25, 0.3) is 0 Å². The molecule has 3 heteroatoms. The van der Waals surface area contributed by atoms with Crippen molar-refractivity contribution in [2.45, 2.75) is 20.3 Å². The third-order valence-corrected chi connectivity index (χ3v) is 1.90. The highest BCUT2D eigenvalue weighted by Crippen LogP contribution is 2.27. The number of hydrogen-bond donors (Lipinski definition) is 1. The summed E-state index contributed by atoms with van der Waals surface area (Å²) in [6.07, 6.45) is 0.438. The Morgan fingerprint density at radius 2 is 2.14 bits per heavy atom. The summed E-state index contributed by atoms with van der Waals surface area (Å²) in [5.41, 5.74) is 0.522. The van der Waals surface area contributed by atoms with E-state index in [1.54, 1.807) is 19.1 Å². The Labute approximate surface area is 83.3 Å². The zero-order valence-electron chi connectivity index (χ0n) is 8.41. The van der Waals surface area contributed by atoms with E-state index in [0.717, 1.165) is 0 Å². The lowest BCUT2D eigenvalue weighted by Gasteiger charge is -2.06. The molecule has 0 fully saturated rings. The van der Waals surface area contributed by atoms with Gasteiger partial charge in [-0.1, -0.05) is 6.92 Å². The van der Waals surface area contributed by atoms with Crippen molar-refractivity contribution in [3.63, 3.8) is 0 Å². The van der Waals surface area contributed by atoms with Crippen LogP contribution in [-0.4, -0.2) is 17.5 Å². The van der Waals surface area contributed by atoms with Crippen LogP contribution in [-0.2, 0) is 0 Å². The number of carbonyl (C=O) groups is 1. The molecule has 0 aliphatic heterocycles. The Morgan fingerprint density at radius 3 is 2.64 bits per heavy atom. The SMILES string of the molecule is CCOc1ccc(C(=O)CC)cc1O. The Morgan fingerprint density at radius 1 is 1.43 bits per heavy atom. The Kier molecular flexibility index (Phi) is 3.51. The highest BCUT2D eigenvalue weighted by atomic mass is 16.5. The van der Waals surface area contributed by atoms with Crippen LogP contribution in [0.2, 0.25) is 0 Å². The molecule has 0 aliphatic rings. The largest absolute Gasteiger partial charge is 0.504 e. The summed E-state index contributed by atoms with van der Waals surface area (Å²) in [4.78, 5) is 11.3. The molecule has 1 aromatic carbocycles. The molecular weight excluding hydrogens is 180 g/mol. The number of phenols is 1. The minimum absolute atomic E-state index is 0.0170. The molecule has 0 unspecified atom stereocenters. The maximum absolute atomic E-state index is 11.3. The van der Waals surface area contributed by atoms with Crippen LogP contribution < -0.4 is 4.74 Å². The highest BCUT2D eigenvalue weighted by Gasteiger charge is 2.07. The van der Waals surface area contributed by atoms with Gasteiger partial charge in [-0.15, -0.1) is 0 Å². The summed E-state index contributed by atoms with van der Waals surface area (Å²) in [7, 11) is 0. The second-order valence-electron chi connectivity index (χ2n) is 2.89. The fourth-order valence-corrected chi connectivity index (χ4v) is 1.17. The quantitative estimate of drug-likeness (QED) is 0.748. The molecule has 1 aromatic rings. The first-order valence-corrected chi connectivity index (χ1v) is 4.68. The summed E-state index contributed by atoms with van der Waals surface area (Å²) in [6, 6.07) is 4.72. The topological polar surface area (TPSA) is 46.5 Å². The molecule has 14 heavy (non-hydrogen) atoms.